The number of piperidine rings is 1. The van der Waals surface area contributed by atoms with Crippen LogP contribution in [0.25, 0.3) is 5.57 Å². The molecule has 0 saturated carbocycles. The summed E-state index contributed by atoms with van der Waals surface area (Å²) in [6.07, 6.45) is 6.53. The third-order valence-electron chi connectivity index (χ3n) is 5.79. The number of likely N-dealkylation sites (tertiary alicyclic amines) is 1. The maximum Gasteiger partial charge on any atom is 0.177 e. The van der Waals surface area contributed by atoms with Crippen LogP contribution in [0.15, 0.2) is 70.7 Å². The second-order valence-corrected chi connectivity index (χ2v) is 8.91. The lowest BCUT2D eigenvalue weighted by molar-refractivity contribution is 0.0997. The molecular weight excluding hydrogens is 388 g/mol. The van der Waals surface area contributed by atoms with E-state index < -0.39 is 0 Å². The number of allylic oxidation sites excluding steroid dienone is 2. The van der Waals surface area contributed by atoms with E-state index in [2.05, 4.69) is 46.1 Å². The quantitative estimate of drug-likeness (QED) is 0.578. The number of hydrogen-bond donors (Lipinski definition) is 0. The zero-order valence-corrected chi connectivity index (χ0v) is 18.6. The summed E-state index contributed by atoms with van der Waals surface area (Å²) in [6.45, 7) is 10.9. The van der Waals surface area contributed by atoms with E-state index in [0.29, 0.717) is 6.42 Å². The zero-order chi connectivity index (χ0) is 21.1. The van der Waals surface area contributed by atoms with Gasteiger partial charge in [-0.3, -0.25) is 14.7 Å². The van der Waals surface area contributed by atoms with Crippen molar-refractivity contribution in [2.24, 2.45) is 4.99 Å². The summed E-state index contributed by atoms with van der Waals surface area (Å²) in [5.74, 6) is 0.242. The van der Waals surface area contributed by atoms with Crippen molar-refractivity contribution < 1.29 is 4.79 Å². The normalized spacial score (nSPS) is 17.8. The Kier molecular flexibility index (Phi) is 6.26. The maximum absolute atomic E-state index is 12.8. The van der Waals surface area contributed by atoms with E-state index in [1.807, 2.05) is 32.1 Å². The van der Waals surface area contributed by atoms with Crippen LogP contribution >= 0.6 is 11.3 Å². The minimum absolute atomic E-state index is 0.242. The number of fused-ring (bicyclic) bond motifs is 2. The molecule has 4 rings (SSSR count). The monoisotopic (exact) mass is 416 g/mol. The predicted molar refractivity (Wildman–Crippen MR) is 128 cm³/mol. The SMILES string of the molecule is C=C(CN1CCC(=C2c3ccccc3CC(=O)c3sccc32)CC1)/N=C(C)\C=C/C. The van der Waals surface area contributed by atoms with E-state index >= 15 is 0 Å². The smallest absolute Gasteiger partial charge is 0.177 e. The summed E-state index contributed by atoms with van der Waals surface area (Å²) in [4.78, 5) is 20.8. The first kappa shape index (κ1) is 20.7. The molecule has 4 heteroatoms. The van der Waals surface area contributed by atoms with Crippen molar-refractivity contribution >= 4 is 28.4 Å². The molecular formula is C26H28N2OS. The van der Waals surface area contributed by atoms with Crippen LogP contribution in [0, 0.1) is 0 Å². The van der Waals surface area contributed by atoms with Crippen molar-refractivity contribution in [2.75, 3.05) is 19.6 Å². The molecule has 0 atom stereocenters. The summed E-state index contributed by atoms with van der Waals surface area (Å²) >= 11 is 1.58. The van der Waals surface area contributed by atoms with Gasteiger partial charge in [-0.05, 0) is 60.9 Å². The predicted octanol–water partition coefficient (Wildman–Crippen LogP) is 5.94. The van der Waals surface area contributed by atoms with Gasteiger partial charge in [0.2, 0.25) is 0 Å². The number of rotatable bonds is 4. The van der Waals surface area contributed by atoms with Gasteiger partial charge in [0.25, 0.3) is 0 Å². The first-order chi connectivity index (χ1) is 14.6. The minimum atomic E-state index is 0.242. The number of thiophene rings is 1. The zero-order valence-electron chi connectivity index (χ0n) is 17.8. The van der Waals surface area contributed by atoms with Crippen molar-refractivity contribution in [3.05, 3.63) is 87.3 Å². The van der Waals surface area contributed by atoms with Gasteiger partial charge in [0.05, 0.1) is 4.88 Å². The van der Waals surface area contributed by atoms with E-state index in [1.54, 1.807) is 11.3 Å². The van der Waals surface area contributed by atoms with Gasteiger partial charge in [-0.15, -0.1) is 11.3 Å². The van der Waals surface area contributed by atoms with Gasteiger partial charge >= 0.3 is 0 Å². The van der Waals surface area contributed by atoms with Crippen molar-refractivity contribution in [3.63, 3.8) is 0 Å². The first-order valence-electron chi connectivity index (χ1n) is 10.6. The van der Waals surface area contributed by atoms with Crippen LogP contribution in [0.4, 0.5) is 0 Å². The van der Waals surface area contributed by atoms with E-state index in [1.165, 1.54) is 16.7 Å². The molecule has 0 radical (unpaired) electrons. The average molecular weight is 417 g/mol. The molecule has 154 valence electrons. The molecule has 2 aliphatic rings. The summed E-state index contributed by atoms with van der Waals surface area (Å²) < 4.78 is 0. The highest BCUT2D eigenvalue weighted by molar-refractivity contribution is 7.12. The fourth-order valence-electron chi connectivity index (χ4n) is 4.47. The van der Waals surface area contributed by atoms with Gasteiger partial charge in [0, 0.05) is 43.0 Å². The van der Waals surface area contributed by atoms with E-state index in [0.717, 1.165) is 59.9 Å². The maximum atomic E-state index is 12.8. The molecule has 3 nitrogen and oxygen atoms in total. The van der Waals surface area contributed by atoms with Crippen LogP contribution in [0.2, 0.25) is 0 Å². The van der Waals surface area contributed by atoms with Crippen LogP contribution in [-0.2, 0) is 6.42 Å². The fourth-order valence-corrected chi connectivity index (χ4v) is 5.31. The number of carbonyl (C=O) groups is 1. The lowest BCUT2D eigenvalue weighted by Crippen LogP contribution is -2.32. The Morgan fingerprint density at radius 2 is 1.97 bits per heavy atom. The third-order valence-corrected chi connectivity index (χ3v) is 6.74. The molecule has 1 aliphatic carbocycles. The third kappa shape index (κ3) is 4.30. The van der Waals surface area contributed by atoms with Gasteiger partial charge in [-0.1, -0.05) is 42.5 Å². The standard InChI is InChI=1S/C26H28N2OS/c1-4-7-18(2)27-19(3)17-28-13-10-20(11-14-28)25-22-9-6-5-8-21(22)16-24(29)26-23(25)12-15-30-26/h4-9,12,15H,3,10-11,13-14,16-17H2,1-2H3/b7-4-,27-18-. The summed E-state index contributed by atoms with van der Waals surface area (Å²) in [5.41, 5.74) is 8.19. The molecule has 0 unspecified atom stereocenters. The number of aliphatic imine (C=N–C) groups is 1. The Morgan fingerprint density at radius 1 is 1.20 bits per heavy atom. The molecule has 1 aliphatic heterocycles. The first-order valence-corrected chi connectivity index (χ1v) is 11.4. The number of benzene rings is 1. The highest BCUT2D eigenvalue weighted by Gasteiger charge is 2.27. The van der Waals surface area contributed by atoms with Crippen molar-refractivity contribution in [1.82, 2.24) is 4.90 Å². The Morgan fingerprint density at radius 3 is 2.73 bits per heavy atom. The number of nitrogens with zero attached hydrogens (tertiary/aromatic N) is 2. The van der Waals surface area contributed by atoms with Crippen LogP contribution in [0.1, 0.15) is 53.1 Å². The molecule has 0 amide bonds. The van der Waals surface area contributed by atoms with E-state index in [4.69, 9.17) is 0 Å². The fraction of sp³-hybridized carbons (Fsp3) is 0.308. The second-order valence-electron chi connectivity index (χ2n) is 7.99. The molecule has 2 heterocycles. The molecule has 2 aromatic rings. The van der Waals surface area contributed by atoms with Gasteiger partial charge < -0.3 is 0 Å². The Bertz CT molecular complexity index is 1060. The topological polar surface area (TPSA) is 32.7 Å². The van der Waals surface area contributed by atoms with Gasteiger partial charge in [-0.2, -0.15) is 0 Å². The number of hydrogen-bond acceptors (Lipinski definition) is 4. The Hall–Kier alpha value is -2.56. The summed E-state index contributed by atoms with van der Waals surface area (Å²) in [6, 6.07) is 10.6. The van der Waals surface area contributed by atoms with Crippen molar-refractivity contribution in [3.8, 4) is 0 Å². The molecule has 1 aromatic carbocycles. The Labute approximate surface area is 183 Å². The summed E-state index contributed by atoms with van der Waals surface area (Å²) in [7, 11) is 0. The van der Waals surface area contributed by atoms with Crippen LogP contribution in [0.5, 0.6) is 0 Å². The Balaban J connectivity index is 1.59. The van der Waals surface area contributed by atoms with E-state index in [9.17, 15) is 4.79 Å². The van der Waals surface area contributed by atoms with E-state index in [-0.39, 0.29) is 5.78 Å². The molecule has 1 fully saturated rings. The molecule has 1 aromatic heterocycles. The van der Waals surface area contributed by atoms with Crippen molar-refractivity contribution in [2.45, 2.75) is 33.1 Å². The number of Topliss-reactive ketones (excluding diaryl/α,β-unsaturated/α-hetero) is 1. The largest absolute Gasteiger partial charge is 0.297 e. The van der Waals surface area contributed by atoms with Crippen LogP contribution in [0.3, 0.4) is 0 Å². The number of ketones is 1. The van der Waals surface area contributed by atoms with Crippen molar-refractivity contribution in [1.29, 1.82) is 0 Å². The molecule has 30 heavy (non-hydrogen) atoms. The van der Waals surface area contributed by atoms with Gasteiger partial charge in [0.1, 0.15) is 0 Å². The highest BCUT2D eigenvalue weighted by Crippen LogP contribution is 2.40. The van der Waals surface area contributed by atoms with Gasteiger partial charge in [-0.25, -0.2) is 0 Å². The van der Waals surface area contributed by atoms with Crippen LogP contribution < -0.4 is 0 Å². The molecule has 0 bridgehead atoms. The highest BCUT2D eigenvalue weighted by atomic mass is 32.1. The molecule has 0 N–H and O–H groups in total. The lowest BCUT2D eigenvalue weighted by Gasteiger charge is -2.30. The average Bonchev–Trinajstić information content (AvgIpc) is 3.16. The minimum Gasteiger partial charge on any atom is -0.297 e. The molecule has 0 spiro atoms. The van der Waals surface area contributed by atoms with Crippen LogP contribution in [-0.4, -0.2) is 36.0 Å². The summed E-state index contributed by atoms with van der Waals surface area (Å²) in [5, 5.41) is 2.06. The lowest BCUT2D eigenvalue weighted by atomic mass is 9.87. The van der Waals surface area contributed by atoms with Gasteiger partial charge in [0.15, 0.2) is 5.78 Å². The molecule has 1 saturated heterocycles. The number of carbonyl (C=O) groups excluding carboxylic acids is 1. The second kappa shape index (κ2) is 9.07.